The number of pyridine rings is 1. The smallest absolute Gasteiger partial charge is 0.304 e. The number of aromatic hydroxyl groups is 1. The van der Waals surface area contributed by atoms with Gasteiger partial charge in [0.15, 0.2) is 0 Å². The number of aromatic nitrogens is 4. The van der Waals surface area contributed by atoms with Crippen LogP contribution in [0.5, 0.6) is 5.88 Å². The van der Waals surface area contributed by atoms with Crippen LogP contribution >= 0.6 is 22.9 Å². The maximum Gasteiger partial charge on any atom is 0.304 e. The van der Waals surface area contributed by atoms with Gasteiger partial charge in [0.2, 0.25) is 5.88 Å². The molecule has 40 heavy (non-hydrogen) atoms. The van der Waals surface area contributed by atoms with Gasteiger partial charge in [0, 0.05) is 43.4 Å². The number of rotatable bonds is 7. The Balaban J connectivity index is 1.42. The average molecular weight is 576 g/mol. The van der Waals surface area contributed by atoms with Crippen molar-refractivity contribution in [1.29, 1.82) is 0 Å². The summed E-state index contributed by atoms with van der Waals surface area (Å²) in [5.74, 6) is -0.823. The molecule has 0 radical (unpaired) electrons. The van der Waals surface area contributed by atoms with Crippen LogP contribution in [0, 0.1) is 5.92 Å². The molecule has 6 rings (SSSR count). The Bertz CT molecular complexity index is 1730. The molecule has 2 N–H and O–H groups in total. The van der Waals surface area contributed by atoms with Crippen LogP contribution in [-0.4, -0.2) is 47.6 Å². The van der Waals surface area contributed by atoms with E-state index < -0.39 is 11.9 Å². The maximum absolute atomic E-state index is 12.1. The lowest BCUT2D eigenvalue weighted by molar-refractivity contribution is -0.137. The van der Waals surface area contributed by atoms with Crippen LogP contribution in [0.3, 0.4) is 0 Å². The van der Waals surface area contributed by atoms with Gasteiger partial charge in [0.25, 0.3) is 0 Å². The average Bonchev–Trinajstić information content (AvgIpc) is 3.51. The van der Waals surface area contributed by atoms with Crippen LogP contribution in [-0.2, 0) is 31.4 Å². The molecule has 206 valence electrons. The van der Waals surface area contributed by atoms with Gasteiger partial charge in [-0.3, -0.25) is 9.69 Å². The fourth-order valence-electron chi connectivity index (χ4n) is 5.93. The van der Waals surface area contributed by atoms with Crippen molar-refractivity contribution in [3.63, 3.8) is 0 Å². The molecule has 0 bridgehead atoms. The SMILES string of the molecule is CC[C@H]1Cc2ccc(O)nc2CN(Cc2cc([C@H](CC(=O)O)c3ccc4c(nnn4C)c3Cl)cc3ccsc23)C1. The molecule has 0 saturated heterocycles. The van der Waals surface area contributed by atoms with Gasteiger partial charge in [-0.15, -0.1) is 16.4 Å². The molecule has 0 saturated carbocycles. The number of aliphatic carboxylic acids is 1. The number of benzene rings is 2. The molecule has 3 aromatic heterocycles. The van der Waals surface area contributed by atoms with Crippen molar-refractivity contribution >= 4 is 50.0 Å². The van der Waals surface area contributed by atoms with Crippen LogP contribution in [0.15, 0.2) is 47.8 Å². The number of carboxylic acids is 1. The molecular weight excluding hydrogens is 546 g/mol. The van der Waals surface area contributed by atoms with Crippen LogP contribution < -0.4 is 0 Å². The van der Waals surface area contributed by atoms with Crippen molar-refractivity contribution in [2.75, 3.05) is 6.54 Å². The van der Waals surface area contributed by atoms with Gasteiger partial charge in [0.05, 0.1) is 22.7 Å². The Morgan fingerprint density at radius 3 is 2.88 bits per heavy atom. The molecular formula is C30H30ClN5O3S. The summed E-state index contributed by atoms with van der Waals surface area (Å²) in [4.78, 5) is 19.0. The first-order valence-corrected chi connectivity index (χ1v) is 14.7. The predicted octanol–water partition coefficient (Wildman–Crippen LogP) is 6.13. The fourth-order valence-corrected chi connectivity index (χ4v) is 7.15. The van der Waals surface area contributed by atoms with E-state index in [0.717, 1.165) is 52.7 Å². The van der Waals surface area contributed by atoms with Crippen LogP contribution in [0.2, 0.25) is 5.02 Å². The molecule has 0 amide bonds. The predicted molar refractivity (Wildman–Crippen MR) is 157 cm³/mol. The molecule has 0 spiro atoms. The molecule has 1 aliphatic rings. The number of hydrogen-bond acceptors (Lipinski definition) is 7. The minimum absolute atomic E-state index is 0.0461. The highest BCUT2D eigenvalue weighted by Gasteiger charge is 2.26. The number of hydrogen-bond donors (Lipinski definition) is 2. The first kappa shape index (κ1) is 26.7. The van der Waals surface area contributed by atoms with E-state index in [1.54, 1.807) is 29.1 Å². The molecule has 5 aromatic rings. The van der Waals surface area contributed by atoms with Crippen molar-refractivity contribution in [2.45, 2.75) is 45.2 Å². The van der Waals surface area contributed by atoms with Gasteiger partial charge >= 0.3 is 5.97 Å². The zero-order chi connectivity index (χ0) is 28.0. The topological polar surface area (TPSA) is 104 Å². The van der Waals surface area contributed by atoms with Crippen molar-refractivity contribution in [3.05, 3.63) is 80.8 Å². The van der Waals surface area contributed by atoms with E-state index in [1.165, 1.54) is 10.3 Å². The van der Waals surface area contributed by atoms with Gasteiger partial charge in [-0.05, 0) is 63.6 Å². The molecule has 2 aromatic carbocycles. The molecule has 1 aliphatic heterocycles. The Morgan fingerprint density at radius 1 is 1.23 bits per heavy atom. The third kappa shape index (κ3) is 5.05. The zero-order valence-electron chi connectivity index (χ0n) is 22.3. The molecule has 0 fully saturated rings. The highest BCUT2D eigenvalue weighted by molar-refractivity contribution is 7.17. The van der Waals surface area contributed by atoms with E-state index in [2.05, 4.69) is 50.7 Å². The van der Waals surface area contributed by atoms with E-state index in [9.17, 15) is 15.0 Å². The third-order valence-electron chi connectivity index (χ3n) is 7.98. The minimum Gasteiger partial charge on any atom is -0.493 e. The Morgan fingerprint density at radius 2 is 2.08 bits per heavy atom. The van der Waals surface area contributed by atoms with Crippen molar-refractivity contribution in [1.82, 2.24) is 24.9 Å². The van der Waals surface area contributed by atoms with Crippen LogP contribution in [0.25, 0.3) is 21.1 Å². The third-order valence-corrected chi connectivity index (χ3v) is 9.39. The van der Waals surface area contributed by atoms with E-state index in [-0.39, 0.29) is 12.3 Å². The number of halogens is 1. The summed E-state index contributed by atoms with van der Waals surface area (Å²) in [6, 6.07) is 13.8. The zero-order valence-corrected chi connectivity index (χ0v) is 23.9. The van der Waals surface area contributed by atoms with Crippen LogP contribution in [0.4, 0.5) is 0 Å². The number of nitrogens with zero attached hydrogens (tertiary/aromatic N) is 5. The van der Waals surface area contributed by atoms with E-state index in [4.69, 9.17) is 11.6 Å². The summed E-state index contributed by atoms with van der Waals surface area (Å²) in [5, 5.41) is 31.9. The Hall–Kier alpha value is -3.53. The summed E-state index contributed by atoms with van der Waals surface area (Å²) in [6.07, 6.45) is 1.89. The van der Waals surface area contributed by atoms with Gasteiger partial charge in [0.1, 0.15) is 5.52 Å². The number of fused-ring (bicyclic) bond motifs is 3. The van der Waals surface area contributed by atoms with Crippen molar-refractivity contribution in [2.24, 2.45) is 13.0 Å². The number of carbonyl (C=O) groups is 1. The van der Waals surface area contributed by atoms with Crippen molar-refractivity contribution in [3.8, 4) is 5.88 Å². The lowest BCUT2D eigenvalue weighted by Gasteiger charge is -2.25. The second-order valence-corrected chi connectivity index (χ2v) is 11.9. The lowest BCUT2D eigenvalue weighted by atomic mass is 9.86. The van der Waals surface area contributed by atoms with Crippen LogP contribution in [0.1, 0.15) is 53.6 Å². The second-order valence-electron chi connectivity index (χ2n) is 10.6. The summed E-state index contributed by atoms with van der Waals surface area (Å²) in [7, 11) is 1.80. The highest BCUT2D eigenvalue weighted by Crippen LogP contribution is 2.39. The molecule has 8 nitrogen and oxygen atoms in total. The standard InChI is InChI=1S/C30H30ClN5O3S/c1-3-17-10-18-4-7-26(37)32-24(18)16-36(14-17)15-21-12-20(11-19-8-9-40-30(19)21)23(13-27(38)39)22-5-6-25-29(28(22)31)33-34-35(25)2/h4-9,11-12,17,23H,3,10,13-16H2,1-2H3,(H,32,37)(H,38,39)/t17-,23-/m0/s1. The molecule has 0 unspecified atom stereocenters. The van der Waals surface area contributed by atoms with E-state index >= 15 is 0 Å². The van der Waals surface area contributed by atoms with Gasteiger partial charge in [-0.1, -0.05) is 48.4 Å². The molecule has 10 heteroatoms. The monoisotopic (exact) mass is 575 g/mol. The molecule has 4 heterocycles. The molecule has 2 atom stereocenters. The van der Waals surface area contributed by atoms with E-state index in [0.29, 0.717) is 29.5 Å². The first-order chi connectivity index (χ1) is 19.3. The quantitative estimate of drug-likeness (QED) is 0.240. The maximum atomic E-state index is 12.1. The minimum atomic E-state index is -0.895. The van der Waals surface area contributed by atoms with Crippen molar-refractivity contribution < 1.29 is 15.0 Å². The summed E-state index contributed by atoms with van der Waals surface area (Å²) in [6.45, 7) is 4.46. The van der Waals surface area contributed by atoms with Gasteiger partial charge in [-0.25, -0.2) is 9.67 Å². The summed E-state index contributed by atoms with van der Waals surface area (Å²) in [5.41, 5.74) is 6.26. The second kappa shape index (κ2) is 10.8. The van der Waals surface area contributed by atoms with Gasteiger partial charge in [-0.2, -0.15) is 0 Å². The largest absolute Gasteiger partial charge is 0.493 e. The first-order valence-electron chi connectivity index (χ1n) is 13.4. The summed E-state index contributed by atoms with van der Waals surface area (Å²) >= 11 is 8.54. The number of aryl methyl sites for hydroxylation is 1. The van der Waals surface area contributed by atoms with Gasteiger partial charge < -0.3 is 10.2 Å². The number of carboxylic acid groups (broad SMARTS) is 1. The lowest BCUT2D eigenvalue weighted by Crippen LogP contribution is -2.27. The molecule has 0 aliphatic carbocycles. The Kier molecular flexibility index (Phi) is 7.20. The fraction of sp³-hybridized carbons (Fsp3) is 0.333. The highest BCUT2D eigenvalue weighted by atomic mass is 35.5. The normalized spacial score (nSPS) is 16.7. The Labute approximate surface area is 240 Å². The summed E-state index contributed by atoms with van der Waals surface area (Å²) < 4.78 is 2.85. The van der Waals surface area contributed by atoms with E-state index in [1.807, 2.05) is 18.2 Å². The number of thiophene rings is 1.